The molecule has 1 heterocycles. The van der Waals surface area contributed by atoms with Gasteiger partial charge in [-0.05, 0) is 12.1 Å². The second-order valence-corrected chi connectivity index (χ2v) is 4.64. The summed E-state index contributed by atoms with van der Waals surface area (Å²) in [7, 11) is -3.47. The standard InChI is InChI=1S/C7H9NO4S/c8-7(9)5-13(10,11)4-6-2-1-3-12-6/h1-3H,4-5H2,(H2,8,9). The van der Waals surface area contributed by atoms with Crippen LogP contribution in [0.4, 0.5) is 0 Å². The molecule has 0 atom stereocenters. The van der Waals surface area contributed by atoms with E-state index in [1.165, 1.54) is 12.3 Å². The van der Waals surface area contributed by atoms with Crippen LogP contribution in [0.3, 0.4) is 0 Å². The van der Waals surface area contributed by atoms with E-state index >= 15 is 0 Å². The molecule has 0 bridgehead atoms. The number of furan rings is 1. The highest BCUT2D eigenvalue weighted by Gasteiger charge is 2.16. The number of amides is 1. The van der Waals surface area contributed by atoms with Gasteiger partial charge in [0.2, 0.25) is 5.91 Å². The van der Waals surface area contributed by atoms with Crippen molar-refractivity contribution in [2.45, 2.75) is 5.75 Å². The van der Waals surface area contributed by atoms with Crippen LogP contribution in [-0.4, -0.2) is 20.1 Å². The number of primary amides is 1. The zero-order valence-corrected chi connectivity index (χ0v) is 7.58. The Kier molecular flexibility index (Phi) is 2.72. The van der Waals surface area contributed by atoms with Gasteiger partial charge < -0.3 is 10.2 Å². The lowest BCUT2D eigenvalue weighted by molar-refractivity contribution is -0.115. The van der Waals surface area contributed by atoms with E-state index in [1.54, 1.807) is 6.07 Å². The zero-order chi connectivity index (χ0) is 9.90. The maximum absolute atomic E-state index is 11.1. The first-order valence-corrected chi connectivity index (χ1v) is 5.33. The maximum Gasteiger partial charge on any atom is 0.232 e. The molecule has 1 aromatic heterocycles. The van der Waals surface area contributed by atoms with Crippen LogP contribution in [0.1, 0.15) is 5.76 Å². The molecule has 0 radical (unpaired) electrons. The van der Waals surface area contributed by atoms with Crippen molar-refractivity contribution in [2.24, 2.45) is 5.73 Å². The van der Waals surface area contributed by atoms with E-state index < -0.39 is 21.5 Å². The third-order valence-electron chi connectivity index (χ3n) is 1.30. The van der Waals surface area contributed by atoms with Gasteiger partial charge in [-0.25, -0.2) is 8.42 Å². The summed E-state index contributed by atoms with van der Waals surface area (Å²) in [5, 5.41) is 0. The van der Waals surface area contributed by atoms with Gasteiger partial charge in [0.05, 0.1) is 6.26 Å². The van der Waals surface area contributed by atoms with Crippen molar-refractivity contribution in [3.05, 3.63) is 24.2 Å². The minimum atomic E-state index is -3.47. The maximum atomic E-state index is 11.1. The molecule has 6 heteroatoms. The van der Waals surface area contributed by atoms with Gasteiger partial charge in [-0.15, -0.1) is 0 Å². The van der Waals surface area contributed by atoms with Crippen LogP contribution in [0, 0.1) is 0 Å². The molecular weight excluding hydrogens is 194 g/mol. The molecule has 13 heavy (non-hydrogen) atoms. The van der Waals surface area contributed by atoms with Crippen LogP contribution < -0.4 is 5.73 Å². The monoisotopic (exact) mass is 203 g/mol. The van der Waals surface area contributed by atoms with Gasteiger partial charge in [0.1, 0.15) is 17.3 Å². The van der Waals surface area contributed by atoms with E-state index in [0.29, 0.717) is 5.76 Å². The Morgan fingerprint density at radius 1 is 1.54 bits per heavy atom. The third-order valence-corrected chi connectivity index (χ3v) is 2.75. The van der Waals surface area contributed by atoms with E-state index in [2.05, 4.69) is 0 Å². The summed E-state index contributed by atoms with van der Waals surface area (Å²) < 4.78 is 27.1. The van der Waals surface area contributed by atoms with Crippen molar-refractivity contribution in [3.63, 3.8) is 0 Å². The SMILES string of the molecule is NC(=O)CS(=O)(=O)Cc1ccco1. The number of sulfone groups is 1. The molecule has 0 saturated heterocycles. The lowest BCUT2D eigenvalue weighted by Crippen LogP contribution is -2.23. The van der Waals surface area contributed by atoms with Crippen LogP contribution in [0.2, 0.25) is 0 Å². The molecule has 0 unspecified atom stereocenters. The van der Waals surface area contributed by atoms with Crippen molar-refractivity contribution in [3.8, 4) is 0 Å². The molecule has 0 aliphatic heterocycles. The molecule has 0 fully saturated rings. The first-order valence-electron chi connectivity index (χ1n) is 3.51. The first kappa shape index (κ1) is 9.79. The minimum absolute atomic E-state index is 0.289. The highest BCUT2D eigenvalue weighted by Crippen LogP contribution is 2.06. The third kappa shape index (κ3) is 3.29. The normalized spacial score (nSPS) is 11.4. The van der Waals surface area contributed by atoms with Gasteiger partial charge in [0.15, 0.2) is 9.84 Å². The Morgan fingerprint density at radius 3 is 2.69 bits per heavy atom. The lowest BCUT2D eigenvalue weighted by Gasteiger charge is -1.97. The summed E-state index contributed by atoms with van der Waals surface area (Å²) in [5.41, 5.74) is 4.76. The van der Waals surface area contributed by atoms with E-state index in [4.69, 9.17) is 10.2 Å². The summed E-state index contributed by atoms with van der Waals surface area (Å²) in [6.07, 6.45) is 1.37. The molecule has 1 rings (SSSR count). The van der Waals surface area contributed by atoms with E-state index in [0.717, 1.165) is 0 Å². The summed E-state index contributed by atoms with van der Waals surface area (Å²) in [6, 6.07) is 3.10. The fourth-order valence-electron chi connectivity index (χ4n) is 0.879. The van der Waals surface area contributed by atoms with E-state index in [1.807, 2.05) is 0 Å². The molecule has 72 valence electrons. The molecule has 1 aromatic rings. The lowest BCUT2D eigenvalue weighted by atomic mass is 10.5. The number of hydrogen-bond acceptors (Lipinski definition) is 4. The molecule has 0 aliphatic carbocycles. The van der Waals surface area contributed by atoms with Crippen LogP contribution in [0.25, 0.3) is 0 Å². The molecule has 1 amide bonds. The Morgan fingerprint density at radius 2 is 2.23 bits per heavy atom. The van der Waals surface area contributed by atoms with Crippen molar-refractivity contribution in [1.29, 1.82) is 0 Å². The van der Waals surface area contributed by atoms with Gasteiger partial charge in [-0.2, -0.15) is 0 Å². The zero-order valence-electron chi connectivity index (χ0n) is 6.76. The Hall–Kier alpha value is -1.30. The largest absolute Gasteiger partial charge is 0.468 e. The Balaban J connectivity index is 2.68. The Bertz CT molecular complexity index is 379. The van der Waals surface area contributed by atoms with E-state index in [-0.39, 0.29) is 5.75 Å². The highest BCUT2D eigenvalue weighted by molar-refractivity contribution is 7.91. The van der Waals surface area contributed by atoms with Crippen molar-refractivity contribution in [2.75, 3.05) is 5.75 Å². The number of carbonyl (C=O) groups is 1. The second kappa shape index (κ2) is 3.61. The van der Waals surface area contributed by atoms with Crippen LogP contribution in [0.5, 0.6) is 0 Å². The quantitative estimate of drug-likeness (QED) is 0.726. The van der Waals surface area contributed by atoms with Crippen molar-refractivity contribution in [1.82, 2.24) is 0 Å². The topological polar surface area (TPSA) is 90.4 Å². The molecule has 5 nitrogen and oxygen atoms in total. The molecule has 0 aromatic carbocycles. The predicted molar refractivity (Wildman–Crippen MR) is 45.4 cm³/mol. The molecular formula is C7H9NO4S. The first-order chi connectivity index (χ1) is 5.99. The van der Waals surface area contributed by atoms with Crippen LogP contribution in [0.15, 0.2) is 22.8 Å². The fraction of sp³-hybridized carbons (Fsp3) is 0.286. The summed E-state index contributed by atoms with van der Waals surface area (Å²) in [5.74, 6) is -1.48. The van der Waals surface area contributed by atoms with Gasteiger partial charge in [0, 0.05) is 0 Å². The summed E-state index contributed by atoms with van der Waals surface area (Å²) in [6.45, 7) is 0. The second-order valence-electron chi connectivity index (χ2n) is 2.58. The molecule has 0 spiro atoms. The van der Waals surface area contributed by atoms with Gasteiger partial charge in [-0.3, -0.25) is 4.79 Å². The van der Waals surface area contributed by atoms with Crippen molar-refractivity contribution < 1.29 is 17.6 Å². The average Bonchev–Trinajstić information content (AvgIpc) is 2.34. The molecule has 0 aliphatic rings. The summed E-state index contributed by atoms with van der Waals surface area (Å²) in [4.78, 5) is 10.4. The predicted octanol–water partition coefficient (Wildman–Crippen LogP) is -0.320. The highest BCUT2D eigenvalue weighted by atomic mass is 32.2. The molecule has 0 saturated carbocycles. The smallest absolute Gasteiger partial charge is 0.232 e. The number of rotatable bonds is 4. The number of nitrogens with two attached hydrogens (primary N) is 1. The number of hydrogen-bond donors (Lipinski definition) is 1. The average molecular weight is 203 g/mol. The summed E-state index contributed by atoms with van der Waals surface area (Å²) >= 11 is 0. The van der Waals surface area contributed by atoms with Crippen LogP contribution in [-0.2, 0) is 20.4 Å². The molecule has 2 N–H and O–H groups in total. The minimum Gasteiger partial charge on any atom is -0.468 e. The van der Waals surface area contributed by atoms with Gasteiger partial charge in [-0.1, -0.05) is 0 Å². The van der Waals surface area contributed by atoms with Gasteiger partial charge in [0.25, 0.3) is 0 Å². The Labute approximate surface area is 75.4 Å². The fourth-order valence-corrected chi connectivity index (χ4v) is 2.01. The van der Waals surface area contributed by atoms with Crippen LogP contribution >= 0.6 is 0 Å². The van der Waals surface area contributed by atoms with Gasteiger partial charge >= 0.3 is 0 Å². The number of carbonyl (C=O) groups excluding carboxylic acids is 1. The van der Waals surface area contributed by atoms with Crippen molar-refractivity contribution >= 4 is 15.7 Å². The van der Waals surface area contributed by atoms with E-state index in [9.17, 15) is 13.2 Å².